The third-order valence-corrected chi connectivity index (χ3v) is 9.17. The number of rotatable bonds is 8. The number of Topliss-reactive ketones (excluding diaryl/α,β-unsaturated/α-hetero) is 1. The molecule has 2 aromatic heterocycles. The zero-order valence-corrected chi connectivity index (χ0v) is 23.3. The van der Waals surface area contributed by atoms with Crippen LogP contribution in [0, 0.1) is 0 Å². The first kappa shape index (κ1) is 28.8. The van der Waals surface area contributed by atoms with Crippen molar-refractivity contribution in [3.63, 3.8) is 0 Å². The number of aryl methyl sites for hydroxylation is 1. The Morgan fingerprint density at radius 3 is 2.41 bits per heavy atom. The van der Waals surface area contributed by atoms with Crippen LogP contribution in [0.1, 0.15) is 50.3 Å². The molecular weight excluding hydrogens is 557 g/mol. The second-order valence-electron chi connectivity index (χ2n) is 10.5. The van der Waals surface area contributed by atoms with Crippen molar-refractivity contribution < 1.29 is 30.8 Å². The SMILES string of the molecule is CC(C)n1cc(-c2ccc(C(F)(F)F)cc2)cc(CCC(=O)[C@@H]2CCCN2S(=O)(=O)c2cc3ccccc3o2)c1=O. The Morgan fingerprint density at radius 2 is 1.76 bits per heavy atom. The first-order valence-electron chi connectivity index (χ1n) is 13.3. The number of para-hydroxylation sites is 1. The van der Waals surface area contributed by atoms with Crippen LogP contribution in [-0.4, -0.2) is 35.7 Å². The number of hydrogen-bond acceptors (Lipinski definition) is 5. The number of hydrogen-bond donors (Lipinski definition) is 0. The monoisotopic (exact) mass is 586 g/mol. The molecule has 7 nitrogen and oxygen atoms in total. The Bertz CT molecular complexity index is 1720. The van der Waals surface area contributed by atoms with E-state index < -0.39 is 27.8 Å². The highest BCUT2D eigenvalue weighted by atomic mass is 32.2. The summed E-state index contributed by atoms with van der Waals surface area (Å²) in [6.45, 7) is 3.80. The Balaban J connectivity index is 1.38. The third kappa shape index (κ3) is 5.73. The number of carbonyl (C=O) groups is 1. The standard InChI is InChI=1S/C30H29F3N2O5S/c1-19(2)34-18-23(20-9-12-24(13-10-20)30(31,32)33)16-22(29(34)37)11-14-26(36)25-7-5-15-35(25)41(38,39)28-17-21-6-3-4-8-27(21)40-28/h3-4,6,8-10,12-13,16-19,25H,5,7,11,14-15H2,1-2H3/t25-/m0/s1. The molecule has 0 amide bonds. The van der Waals surface area contributed by atoms with Crippen molar-refractivity contribution in [1.29, 1.82) is 0 Å². The molecule has 216 valence electrons. The Hall–Kier alpha value is -3.70. The van der Waals surface area contributed by atoms with Gasteiger partial charge < -0.3 is 8.98 Å². The van der Waals surface area contributed by atoms with Gasteiger partial charge in [0.25, 0.3) is 15.6 Å². The lowest BCUT2D eigenvalue weighted by Crippen LogP contribution is -2.40. The summed E-state index contributed by atoms with van der Waals surface area (Å²) < 4.78 is 74.2. The first-order valence-corrected chi connectivity index (χ1v) is 14.8. The highest BCUT2D eigenvalue weighted by molar-refractivity contribution is 7.89. The number of nitrogens with zero attached hydrogens (tertiary/aromatic N) is 2. The molecule has 2 aromatic carbocycles. The van der Waals surface area contributed by atoms with Crippen LogP contribution < -0.4 is 5.56 Å². The summed E-state index contributed by atoms with van der Waals surface area (Å²) in [4.78, 5) is 26.5. The number of carbonyl (C=O) groups excluding carboxylic acids is 1. The summed E-state index contributed by atoms with van der Waals surface area (Å²) in [6.07, 6.45) is -2.00. The fraction of sp³-hybridized carbons (Fsp3) is 0.333. The lowest BCUT2D eigenvalue weighted by Gasteiger charge is -2.22. The number of ketones is 1. The highest BCUT2D eigenvalue weighted by Crippen LogP contribution is 2.32. The summed E-state index contributed by atoms with van der Waals surface area (Å²) in [5, 5.41) is 0.421. The van der Waals surface area contributed by atoms with Gasteiger partial charge in [0.1, 0.15) is 5.58 Å². The van der Waals surface area contributed by atoms with Gasteiger partial charge in [-0.05, 0) is 68.5 Å². The average molecular weight is 587 g/mol. The predicted molar refractivity (Wildman–Crippen MR) is 148 cm³/mol. The molecule has 0 spiro atoms. The van der Waals surface area contributed by atoms with E-state index in [4.69, 9.17) is 4.42 Å². The second kappa shape index (κ2) is 10.9. The van der Waals surface area contributed by atoms with Crippen molar-refractivity contribution in [3.8, 4) is 11.1 Å². The van der Waals surface area contributed by atoms with E-state index in [-0.39, 0.29) is 41.9 Å². The number of furan rings is 1. The zero-order valence-electron chi connectivity index (χ0n) is 22.5. The molecule has 1 saturated heterocycles. The number of fused-ring (bicyclic) bond motifs is 1. The molecule has 1 fully saturated rings. The van der Waals surface area contributed by atoms with Gasteiger partial charge in [-0.15, -0.1) is 0 Å². The molecule has 0 saturated carbocycles. The molecular formula is C30H29F3N2O5S. The van der Waals surface area contributed by atoms with Gasteiger partial charge in [-0.25, -0.2) is 8.42 Å². The number of halogens is 3. The molecule has 11 heteroatoms. The molecule has 1 atom stereocenters. The number of benzene rings is 2. The van der Waals surface area contributed by atoms with E-state index in [1.54, 1.807) is 36.5 Å². The summed E-state index contributed by atoms with van der Waals surface area (Å²) >= 11 is 0. The average Bonchev–Trinajstić information content (AvgIpc) is 3.60. The molecule has 1 aliphatic heterocycles. The maximum atomic E-state index is 13.4. The molecule has 0 radical (unpaired) electrons. The number of sulfonamides is 1. The minimum Gasteiger partial charge on any atom is -0.443 e. The number of pyridine rings is 1. The van der Waals surface area contributed by atoms with Gasteiger partial charge in [0.05, 0.1) is 11.6 Å². The molecule has 1 aliphatic rings. The largest absolute Gasteiger partial charge is 0.443 e. The fourth-order valence-corrected chi connectivity index (χ4v) is 6.84. The maximum absolute atomic E-state index is 13.4. The highest BCUT2D eigenvalue weighted by Gasteiger charge is 2.40. The van der Waals surface area contributed by atoms with Crippen molar-refractivity contribution in [3.05, 3.63) is 88.3 Å². The van der Waals surface area contributed by atoms with Crippen LogP contribution in [0.25, 0.3) is 22.1 Å². The summed E-state index contributed by atoms with van der Waals surface area (Å²) in [6, 6.07) is 13.5. The van der Waals surface area contributed by atoms with Crippen LogP contribution in [0.3, 0.4) is 0 Å². The van der Waals surface area contributed by atoms with Crippen molar-refractivity contribution in [2.45, 2.75) is 62.9 Å². The van der Waals surface area contributed by atoms with Crippen LogP contribution in [0.5, 0.6) is 0 Å². The normalized spacial score (nSPS) is 16.6. The number of alkyl halides is 3. The summed E-state index contributed by atoms with van der Waals surface area (Å²) in [7, 11) is -4.06. The van der Waals surface area contributed by atoms with Crippen LogP contribution >= 0.6 is 0 Å². The minimum atomic E-state index is -4.47. The maximum Gasteiger partial charge on any atom is 0.416 e. The second-order valence-corrected chi connectivity index (χ2v) is 12.3. The molecule has 4 aromatic rings. The van der Waals surface area contributed by atoms with Crippen molar-refractivity contribution in [2.75, 3.05) is 6.54 Å². The van der Waals surface area contributed by atoms with Gasteiger partial charge in [-0.3, -0.25) is 9.59 Å². The molecule has 0 aliphatic carbocycles. The van der Waals surface area contributed by atoms with Crippen molar-refractivity contribution >= 4 is 26.8 Å². The van der Waals surface area contributed by atoms with E-state index in [2.05, 4.69) is 0 Å². The topological polar surface area (TPSA) is 89.6 Å². The number of aromatic nitrogens is 1. The van der Waals surface area contributed by atoms with Gasteiger partial charge in [0.2, 0.25) is 5.09 Å². The Morgan fingerprint density at radius 1 is 1.05 bits per heavy atom. The van der Waals surface area contributed by atoms with E-state index in [0.717, 1.165) is 12.1 Å². The zero-order chi connectivity index (χ0) is 29.5. The van der Waals surface area contributed by atoms with Crippen molar-refractivity contribution in [2.24, 2.45) is 0 Å². The van der Waals surface area contributed by atoms with E-state index in [1.807, 2.05) is 13.8 Å². The van der Waals surface area contributed by atoms with Gasteiger partial charge in [-0.1, -0.05) is 30.3 Å². The summed E-state index contributed by atoms with van der Waals surface area (Å²) in [5.74, 6) is -0.308. The van der Waals surface area contributed by atoms with E-state index in [0.29, 0.717) is 40.5 Å². The van der Waals surface area contributed by atoms with Crippen LogP contribution in [0.15, 0.2) is 81.2 Å². The smallest absolute Gasteiger partial charge is 0.416 e. The molecule has 5 rings (SSSR count). The third-order valence-electron chi connectivity index (χ3n) is 7.40. The quantitative estimate of drug-likeness (QED) is 0.245. The van der Waals surface area contributed by atoms with Gasteiger partial charge in [0, 0.05) is 42.2 Å². The van der Waals surface area contributed by atoms with Gasteiger partial charge in [0.15, 0.2) is 5.78 Å². The lowest BCUT2D eigenvalue weighted by atomic mass is 9.99. The molecule has 3 heterocycles. The van der Waals surface area contributed by atoms with E-state index in [9.17, 15) is 31.2 Å². The molecule has 41 heavy (non-hydrogen) atoms. The molecule has 0 unspecified atom stereocenters. The lowest BCUT2D eigenvalue weighted by molar-refractivity contribution is -0.137. The fourth-order valence-electron chi connectivity index (χ4n) is 5.21. The minimum absolute atomic E-state index is 0.0634. The Kier molecular flexibility index (Phi) is 7.69. The van der Waals surface area contributed by atoms with Crippen LogP contribution in [0.4, 0.5) is 13.2 Å². The van der Waals surface area contributed by atoms with Crippen LogP contribution in [-0.2, 0) is 27.4 Å². The first-order chi connectivity index (χ1) is 19.4. The van der Waals surface area contributed by atoms with Gasteiger partial charge in [-0.2, -0.15) is 17.5 Å². The van der Waals surface area contributed by atoms with Gasteiger partial charge >= 0.3 is 6.18 Å². The van der Waals surface area contributed by atoms with E-state index >= 15 is 0 Å². The van der Waals surface area contributed by atoms with Crippen molar-refractivity contribution in [1.82, 2.24) is 8.87 Å². The molecule has 0 bridgehead atoms. The van der Waals surface area contributed by atoms with Crippen LogP contribution in [0.2, 0.25) is 0 Å². The molecule has 0 N–H and O–H groups in total. The predicted octanol–water partition coefficient (Wildman–Crippen LogP) is 6.22. The summed E-state index contributed by atoms with van der Waals surface area (Å²) in [5.41, 5.74) is 0.726. The van der Waals surface area contributed by atoms with E-state index in [1.165, 1.54) is 27.1 Å². The Labute approximate surface area is 235 Å².